The zero-order valence-corrected chi connectivity index (χ0v) is 27.8. The van der Waals surface area contributed by atoms with Crippen molar-refractivity contribution in [3.8, 4) is 5.75 Å². The van der Waals surface area contributed by atoms with Crippen LogP contribution in [0.25, 0.3) is 5.65 Å². The Bertz CT molecular complexity index is 1430. The Morgan fingerprint density at radius 1 is 1.07 bits per heavy atom. The van der Waals surface area contributed by atoms with Crippen LogP contribution in [0.1, 0.15) is 122 Å². The van der Waals surface area contributed by atoms with E-state index in [-0.39, 0.29) is 40.0 Å². The molecule has 3 heterocycles. The highest BCUT2D eigenvalue weighted by atomic mass is 19.1. The number of fused-ring (bicyclic) bond motifs is 1. The molecular formula is C35H51FN4O4. The predicted octanol–water partition coefficient (Wildman–Crippen LogP) is 8.49. The molecule has 8 nitrogen and oxygen atoms in total. The molecule has 0 amide bonds. The molecule has 1 N–H and O–H groups in total. The van der Waals surface area contributed by atoms with Gasteiger partial charge < -0.3 is 19.5 Å². The Labute approximate surface area is 262 Å². The third kappa shape index (κ3) is 6.87. The van der Waals surface area contributed by atoms with Gasteiger partial charge in [-0.05, 0) is 49.9 Å². The number of hydrogen-bond acceptors (Lipinski definition) is 6. The number of methoxy groups -OCH3 is 1. The Kier molecular flexibility index (Phi) is 10.3. The highest BCUT2D eigenvalue weighted by Crippen LogP contribution is 2.53. The number of anilines is 1. The molecule has 1 aliphatic rings. The number of carbonyl (C=O) groups is 1. The first-order chi connectivity index (χ1) is 20.7. The molecule has 4 rings (SSSR count). The van der Waals surface area contributed by atoms with Crippen molar-refractivity contribution in [3.63, 3.8) is 0 Å². The van der Waals surface area contributed by atoms with Crippen LogP contribution >= 0.6 is 0 Å². The number of aromatic nitrogens is 3. The molecule has 3 aromatic rings. The Balaban J connectivity index is 1.66. The quantitative estimate of drug-likeness (QED) is 0.183. The minimum atomic E-state index is -1.09. The third-order valence-corrected chi connectivity index (χ3v) is 10.2. The molecule has 1 fully saturated rings. The Morgan fingerprint density at radius 3 is 2.43 bits per heavy atom. The van der Waals surface area contributed by atoms with Crippen molar-refractivity contribution >= 4 is 17.4 Å². The van der Waals surface area contributed by atoms with Gasteiger partial charge >= 0.3 is 5.97 Å². The van der Waals surface area contributed by atoms with Crippen molar-refractivity contribution in [2.75, 3.05) is 18.6 Å². The topological polar surface area (TPSA) is 89.2 Å². The van der Waals surface area contributed by atoms with E-state index in [0.717, 1.165) is 12.8 Å². The second kappa shape index (κ2) is 13.4. The fraction of sp³-hybridized carbons (Fsp3) is 0.629. The molecule has 3 unspecified atom stereocenters. The number of aromatic carboxylic acids is 1. The standard InChI is InChI=1S/C35H51FN4O4/c1-9-10-11-12-13-14-18-35(7,33(2,3)4)34(5,6)44-25-21-28(26-20-24(36)15-16-29(26)43-8)39(23-25)30-17-19-40-31(38-30)27(22-37-40)32(41)42/h15-17,19-20,22,25,28H,9-14,18,21,23H2,1-8H3,(H,41,42). The van der Waals surface area contributed by atoms with Gasteiger partial charge in [-0.15, -0.1) is 0 Å². The van der Waals surface area contributed by atoms with Gasteiger partial charge in [0.25, 0.3) is 0 Å². The zero-order valence-electron chi connectivity index (χ0n) is 27.8. The van der Waals surface area contributed by atoms with Gasteiger partial charge in [0, 0.05) is 30.1 Å². The average Bonchev–Trinajstić information content (AvgIpc) is 3.57. The monoisotopic (exact) mass is 610 g/mol. The maximum Gasteiger partial charge on any atom is 0.341 e. The largest absolute Gasteiger partial charge is 0.496 e. The highest BCUT2D eigenvalue weighted by Gasteiger charge is 2.51. The van der Waals surface area contributed by atoms with E-state index >= 15 is 0 Å². The summed E-state index contributed by atoms with van der Waals surface area (Å²) in [6, 6.07) is 6.07. The number of nitrogens with zero attached hydrogens (tertiary/aromatic N) is 4. The fourth-order valence-corrected chi connectivity index (χ4v) is 6.95. The van der Waals surface area contributed by atoms with Crippen molar-refractivity contribution in [1.29, 1.82) is 0 Å². The summed E-state index contributed by atoms with van der Waals surface area (Å²) in [6.07, 6.45) is 12.0. The number of carboxylic acids is 1. The maximum absolute atomic E-state index is 14.6. The number of unbranched alkanes of at least 4 members (excludes halogenated alkanes) is 5. The number of carboxylic acid groups (broad SMARTS) is 1. The molecular weight excluding hydrogens is 559 g/mol. The van der Waals surface area contributed by atoms with Gasteiger partial charge in [-0.3, -0.25) is 0 Å². The van der Waals surface area contributed by atoms with Gasteiger partial charge in [-0.1, -0.05) is 73.1 Å². The highest BCUT2D eigenvalue weighted by molar-refractivity contribution is 5.94. The second-order valence-corrected chi connectivity index (χ2v) is 14.1. The summed E-state index contributed by atoms with van der Waals surface area (Å²) in [4.78, 5) is 18.7. The molecule has 1 saturated heterocycles. The van der Waals surface area contributed by atoms with Crippen molar-refractivity contribution in [2.24, 2.45) is 10.8 Å². The summed E-state index contributed by atoms with van der Waals surface area (Å²) in [5.41, 5.74) is 0.390. The minimum absolute atomic E-state index is 0.00871. The molecule has 0 spiro atoms. The van der Waals surface area contributed by atoms with Crippen LogP contribution in [0, 0.1) is 16.6 Å². The maximum atomic E-state index is 14.6. The van der Waals surface area contributed by atoms with Crippen LogP contribution in [0.5, 0.6) is 5.75 Å². The number of halogens is 1. The Morgan fingerprint density at radius 2 is 1.77 bits per heavy atom. The summed E-state index contributed by atoms with van der Waals surface area (Å²) in [6.45, 7) is 16.5. The number of benzene rings is 1. The fourth-order valence-electron chi connectivity index (χ4n) is 6.95. The van der Waals surface area contributed by atoms with E-state index in [4.69, 9.17) is 14.5 Å². The molecule has 0 saturated carbocycles. The van der Waals surface area contributed by atoms with Crippen molar-refractivity contribution < 1.29 is 23.8 Å². The van der Waals surface area contributed by atoms with Crippen molar-refractivity contribution in [2.45, 2.75) is 118 Å². The van der Waals surface area contributed by atoms with Crippen LogP contribution in [0.15, 0.2) is 36.7 Å². The van der Waals surface area contributed by atoms with E-state index in [1.807, 2.05) is 6.07 Å². The van der Waals surface area contributed by atoms with E-state index in [9.17, 15) is 14.3 Å². The first-order valence-corrected chi connectivity index (χ1v) is 16.1. The lowest BCUT2D eigenvalue weighted by atomic mass is 9.57. The summed E-state index contributed by atoms with van der Waals surface area (Å²) >= 11 is 0. The molecule has 242 valence electrons. The number of ether oxygens (including phenoxy) is 2. The number of hydrogen-bond donors (Lipinski definition) is 1. The van der Waals surface area contributed by atoms with Crippen LogP contribution < -0.4 is 9.64 Å². The molecule has 3 atom stereocenters. The lowest BCUT2D eigenvalue weighted by molar-refractivity contribution is -0.176. The minimum Gasteiger partial charge on any atom is -0.496 e. The third-order valence-electron chi connectivity index (χ3n) is 10.2. The second-order valence-electron chi connectivity index (χ2n) is 14.1. The van der Waals surface area contributed by atoms with E-state index < -0.39 is 11.6 Å². The molecule has 0 bridgehead atoms. The van der Waals surface area contributed by atoms with Gasteiger partial charge in [-0.2, -0.15) is 5.10 Å². The lowest BCUT2D eigenvalue weighted by Gasteiger charge is -2.53. The van der Waals surface area contributed by atoms with Crippen molar-refractivity contribution in [3.05, 3.63) is 53.6 Å². The van der Waals surface area contributed by atoms with Crippen LogP contribution in [0.3, 0.4) is 0 Å². The number of rotatable bonds is 14. The molecule has 9 heteroatoms. The zero-order chi connectivity index (χ0) is 32.3. The van der Waals surface area contributed by atoms with E-state index in [1.165, 1.54) is 54.9 Å². The van der Waals surface area contributed by atoms with E-state index in [1.54, 1.807) is 19.4 Å². The van der Waals surface area contributed by atoms with Gasteiger partial charge in [0.15, 0.2) is 5.65 Å². The van der Waals surface area contributed by atoms with Crippen LogP contribution in [-0.2, 0) is 4.74 Å². The lowest BCUT2D eigenvalue weighted by Crippen LogP contribution is -2.53. The summed E-state index contributed by atoms with van der Waals surface area (Å²) < 4.78 is 28.9. The average molecular weight is 611 g/mol. The van der Waals surface area contributed by atoms with Crippen LogP contribution in [0.4, 0.5) is 10.2 Å². The summed E-state index contributed by atoms with van der Waals surface area (Å²) in [7, 11) is 1.58. The van der Waals surface area contributed by atoms with Gasteiger partial charge in [0.1, 0.15) is 22.9 Å². The van der Waals surface area contributed by atoms with Gasteiger partial charge in [0.2, 0.25) is 0 Å². The first kappa shape index (κ1) is 33.7. The SMILES string of the molecule is CCCCCCCCC(C)(C(C)(C)C)C(C)(C)OC1CC(c2cc(F)ccc2OC)N(c2ccn3ncc(C(=O)O)c3n2)C1. The van der Waals surface area contributed by atoms with Crippen LogP contribution in [0.2, 0.25) is 0 Å². The predicted molar refractivity (Wildman–Crippen MR) is 172 cm³/mol. The molecule has 1 aromatic carbocycles. The molecule has 0 radical (unpaired) electrons. The van der Waals surface area contributed by atoms with E-state index in [2.05, 4.69) is 58.5 Å². The summed E-state index contributed by atoms with van der Waals surface area (Å²) in [5, 5.41) is 13.8. The smallest absolute Gasteiger partial charge is 0.341 e. The van der Waals surface area contributed by atoms with E-state index in [0.29, 0.717) is 30.1 Å². The van der Waals surface area contributed by atoms with Gasteiger partial charge in [-0.25, -0.2) is 18.7 Å². The normalized spacial score (nSPS) is 19.0. The molecule has 1 aliphatic heterocycles. The molecule has 2 aromatic heterocycles. The molecule has 44 heavy (non-hydrogen) atoms. The van der Waals surface area contributed by atoms with Crippen molar-refractivity contribution in [1.82, 2.24) is 14.6 Å². The summed E-state index contributed by atoms with van der Waals surface area (Å²) in [5.74, 6) is -0.284. The van der Waals surface area contributed by atoms with Crippen LogP contribution in [-0.4, -0.2) is 51.0 Å². The van der Waals surface area contributed by atoms with Gasteiger partial charge in [0.05, 0.1) is 31.1 Å². The first-order valence-electron chi connectivity index (χ1n) is 16.1. The Hall–Kier alpha value is -3.20. The molecule has 0 aliphatic carbocycles.